The minimum atomic E-state index is 0.375. The number of ether oxygens (including phenoxy) is 1. The van der Waals surface area contributed by atoms with Crippen molar-refractivity contribution in [2.24, 2.45) is 5.92 Å². The summed E-state index contributed by atoms with van der Waals surface area (Å²) in [7, 11) is 2.33. The van der Waals surface area contributed by atoms with Crippen LogP contribution in [0.3, 0.4) is 0 Å². The lowest BCUT2D eigenvalue weighted by molar-refractivity contribution is -0.0425. The molecule has 4 aliphatic rings. The molecule has 1 saturated heterocycles. The fraction of sp³-hybridized carbons (Fsp3) is 0.647. The first-order chi connectivity index (χ1) is 9.30. The predicted octanol–water partition coefficient (Wildman–Crippen LogP) is 2.75. The highest BCUT2D eigenvalue weighted by molar-refractivity contribution is 5.54. The van der Waals surface area contributed by atoms with Gasteiger partial charge in [-0.2, -0.15) is 0 Å². The summed E-state index contributed by atoms with van der Waals surface area (Å²) in [6.45, 7) is 1.24. The van der Waals surface area contributed by atoms with Crippen molar-refractivity contribution in [1.29, 1.82) is 0 Å². The predicted molar refractivity (Wildman–Crippen MR) is 74.6 cm³/mol. The Morgan fingerprint density at radius 2 is 2.26 bits per heavy atom. The maximum absolute atomic E-state index is 6.40. The summed E-state index contributed by atoms with van der Waals surface area (Å²) >= 11 is 0. The lowest BCUT2D eigenvalue weighted by Crippen LogP contribution is -2.63. The first-order valence-corrected chi connectivity index (χ1v) is 7.80. The van der Waals surface area contributed by atoms with Gasteiger partial charge >= 0.3 is 0 Å². The first-order valence-electron chi connectivity index (χ1n) is 7.80. The van der Waals surface area contributed by atoms with Crippen molar-refractivity contribution in [2.75, 3.05) is 13.6 Å². The fourth-order valence-electron chi connectivity index (χ4n) is 5.68. The van der Waals surface area contributed by atoms with Gasteiger partial charge in [-0.3, -0.25) is 0 Å². The van der Waals surface area contributed by atoms with Gasteiger partial charge in [-0.25, -0.2) is 0 Å². The molecule has 2 aliphatic carbocycles. The second-order valence-electron chi connectivity index (χ2n) is 6.98. The second kappa shape index (κ2) is 3.35. The summed E-state index contributed by atoms with van der Waals surface area (Å²) in [5.74, 6) is 2.05. The Labute approximate surface area is 114 Å². The molecule has 2 bridgehead atoms. The Balaban J connectivity index is 1.81. The van der Waals surface area contributed by atoms with E-state index in [1.165, 1.54) is 44.4 Å². The van der Waals surface area contributed by atoms with Crippen LogP contribution in [0, 0.1) is 5.92 Å². The largest absolute Gasteiger partial charge is 0.489 e. The van der Waals surface area contributed by atoms with E-state index in [4.69, 9.17) is 4.74 Å². The average Bonchev–Trinajstić information content (AvgIpc) is 2.76. The molecule has 1 aromatic rings. The summed E-state index contributed by atoms with van der Waals surface area (Å²) in [4.78, 5) is 2.62. The van der Waals surface area contributed by atoms with E-state index in [9.17, 15) is 0 Å². The van der Waals surface area contributed by atoms with Gasteiger partial charge in [0.25, 0.3) is 0 Å². The zero-order chi connectivity index (χ0) is 12.6. The molecule has 100 valence electrons. The second-order valence-corrected chi connectivity index (χ2v) is 6.98. The molecule has 0 N–H and O–H groups in total. The Morgan fingerprint density at radius 3 is 3.21 bits per heavy atom. The van der Waals surface area contributed by atoms with Crippen molar-refractivity contribution in [1.82, 2.24) is 4.90 Å². The van der Waals surface area contributed by atoms with Gasteiger partial charge in [0.1, 0.15) is 11.9 Å². The molecule has 5 rings (SSSR count). The van der Waals surface area contributed by atoms with Crippen LogP contribution in [-0.4, -0.2) is 30.6 Å². The van der Waals surface area contributed by atoms with Gasteiger partial charge in [0.05, 0.1) is 0 Å². The molecule has 0 aromatic heterocycles. The van der Waals surface area contributed by atoms with E-state index in [0.29, 0.717) is 11.5 Å². The normalized spacial score (nSPS) is 42.7. The van der Waals surface area contributed by atoms with Crippen molar-refractivity contribution in [3.05, 3.63) is 29.3 Å². The van der Waals surface area contributed by atoms with E-state index in [2.05, 4.69) is 30.1 Å². The van der Waals surface area contributed by atoms with E-state index >= 15 is 0 Å². The SMILES string of the molecule is CN1CC[C@]23c4c5cccc4OC2CCC[C@H]3[C@H]1C5. The molecule has 2 heteroatoms. The summed E-state index contributed by atoms with van der Waals surface area (Å²) < 4.78 is 6.40. The molecule has 0 amide bonds. The van der Waals surface area contributed by atoms with Gasteiger partial charge in [0.15, 0.2) is 0 Å². The molecule has 2 aliphatic heterocycles. The molecule has 19 heavy (non-hydrogen) atoms. The number of hydrogen-bond acceptors (Lipinski definition) is 2. The highest BCUT2D eigenvalue weighted by Gasteiger charge is 2.62. The number of benzene rings is 1. The van der Waals surface area contributed by atoms with Gasteiger partial charge in [-0.15, -0.1) is 0 Å². The van der Waals surface area contributed by atoms with Crippen molar-refractivity contribution in [3.63, 3.8) is 0 Å². The Bertz CT molecular complexity index is 554. The van der Waals surface area contributed by atoms with Crippen LogP contribution in [0.25, 0.3) is 0 Å². The van der Waals surface area contributed by atoms with Crippen LogP contribution in [-0.2, 0) is 11.8 Å². The molecule has 1 spiro atoms. The molecule has 1 saturated carbocycles. The molecular formula is C17H21NO. The standard InChI is InChI=1S/C17H21NO/c1-18-9-8-17-12-5-3-7-15(17)19-14-6-2-4-11(16(14)17)10-13(12)18/h2,4,6,12-13,15H,3,5,7-10H2,1H3/t12-,13+,15?,17+/m0/s1. The summed E-state index contributed by atoms with van der Waals surface area (Å²) in [5, 5.41) is 0. The van der Waals surface area contributed by atoms with Crippen LogP contribution in [0.5, 0.6) is 5.75 Å². The summed E-state index contributed by atoms with van der Waals surface area (Å²) in [6, 6.07) is 7.50. The molecule has 1 aromatic carbocycles. The zero-order valence-corrected chi connectivity index (χ0v) is 11.6. The monoisotopic (exact) mass is 255 g/mol. The van der Waals surface area contributed by atoms with E-state index in [1.54, 1.807) is 11.1 Å². The number of nitrogens with zero attached hydrogens (tertiary/aromatic N) is 1. The van der Waals surface area contributed by atoms with E-state index in [1.807, 2.05) is 0 Å². The van der Waals surface area contributed by atoms with E-state index in [0.717, 1.165) is 12.0 Å². The Hall–Kier alpha value is -1.02. The summed E-state index contributed by atoms with van der Waals surface area (Å²) in [5.41, 5.74) is 3.57. The van der Waals surface area contributed by atoms with E-state index in [-0.39, 0.29) is 0 Å². The van der Waals surface area contributed by atoms with Gasteiger partial charge in [0.2, 0.25) is 0 Å². The first kappa shape index (κ1) is 10.7. The van der Waals surface area contributed by atoms with Crippen molar-refractivity contribution < 1.29 is 4.74 Å². The average molecular weight is 255 g/mol. The molecule has 2 nitrogen and oxygen atoms in total. The lowest BCUT2D eigenvalue weighted by atomic mass is 9.52. The molecule has 2 fully saturated rings. The number of likely N-dealkylation sites (tertiary alicyclic amines) is 1. The third-order valence-electron chi connectivity index (χ3n) is 6.40. The van der Waals surface area contributed by atoms with Gasteiger partial charge in [-0.05, 0) is 63.2 Å². The van der Waals surface area contributed by atoms with E-state index < -0.39 is 0 Å². The van der Waals surface area contributed by atoms with Crippen LogP contribution >= 0.6 is 0 Å². The molecule has 4 atom stereocenters. The number of piperidine rings is 1. The topological polar surface area (TPSA) is 12.5 Å². The third-order valence-corrected chi connectivity index (χ3v) is 6.40. The molecule has 0 radical (unpaired) electrons. The molecule has 1 unspecified atom stereocenters. The minimum Gasteiger partial charge on any atom is -0.489 e. The highest BCUT2D eigenvalue weighted by atomic mass is 16.5. The van der Waals surface area contributed by atoms with Crippen molar-refractivity contribution in [3.8, 4) is 5.75 Å². The quantitative estimate of drug-likeness (QED) is 0.707. The summed E-state index contributed by atoms with van der Waals surface area (Å²) in [6.07, 6.45) is 7.04. The molecular weight excluding hydrogens is 234 g/mol. The van der Waals surface area contributed by atoms with Gasteiger partial charge < -0.3 is 9.64 Å². The molecule has 2 heterocycles. The van der Waals surface area contributed by atoms with Crippen LogP contribution < -0.4 is 4.74 Å². The number of hydrogen-bond donors (Lipinski definition) is 0. The van der Waals surface area contributed by atoms with Gasteiger partial charge in [-0.1, -0.05) is 12.1 Å². The van der Waals surface area contributed by atoms with Crippen LogP contribution in [0.15, 0.2) is 18.2 Å². The number of likely N-dealkylation sites (N-methyl/N-ethyl adjacent to an activating group) is 1. The fourth-order valence-corrected chi connectivity index (χ4v) is 5.68. The lowest BCUT2D eigenvalue weighted by Gasteiger charge is -2.57. The van der Waals surface area contributed by atoms with Crippen molar-refractivity contribution >= 4 is 0 Å². The number of rotatable bonds is 0. The van der Waals surface area contributed by atoms with Crippen molar-refractivity contribution in [2.45, 2.75) is 49.7 Å². The Morgan fingerprint density at radius 1 is 1.32 bits per heavy atom. The smallest absolute Gasteiger partial charge is 0.123 e. The minimum absolute atomic E-state index is 0.375. The maximum atomic E-state index is 6.40. The van der Waals surface area contributed by atoms with Crippen LogP contribution in [0.2, 0.25) is 0 Å². The highest BCUT2D eigenvalue weighted by Crippen LogP contribution is 2.61. The van der Waals surface area contributed by atoms with Crippen LogP contribution in [0.4, 0.5) is 0 Å². The zero-order valence-electron chi connectivity index (χ0n) is 11.6. The van der Waals surface area contributed by atoms with Gasteiger partial charge in [0, 0.05) is 17.0 Å². The maximum Gasteiger partial charge on any atom is 0.123 e. The van der Waals surface area contributed by atoms with Crippen LogP contribution in [0.1, 0.15) is 36.8 Å². The Kier molecular flexibility index (Phi) is 1.89. The third kappa shape index (κ3) is 1.10.